The lowest BCUT2D eigenvalue weighted by Gasteiger charge is -2.25. The lowest BCUT2D eigenvalue weighted by atomic mass is 10.1. The van der Waals surface area contributed by atoms with E-state index in [1.165, 1.54) is 36.9 Å². The largest absolute Gasteiger partial charge is 0.383 e. The first kappa shape index (κ1) is 18.5. The summed E-state index contributed by atoms with van der Waals surface area (Å²) in [7, 11) is 0. The number of hydrogen-bond acceptors (Lipinski definition) is 7. The summed E-state index contributed by atoms with van der Waals surface area (Å²) in [4.78, 5) is 27.3. The van der Waals surface area contributed by atoms with Gasteiger partial charge >= 0.3 is 0 Å². The number of carbonyl (C=O) groups excluding carboxylic acids is 1. The number of piperidine rings is 1. The molecule has 4 rings (SSSR count). The van der Waals surface area contributed by atoms with Gasteiger partial charge in [-0.15, -0.1) is 11.3 Å². The van der Waals surface area contributed by atoms with Crippen LogP contribution in [-0.2, 0) is 4.79 Å². The fraction of sp³-hybridized carbons (Fsp3) is 0.300. The first-order valence-electron chi connectivity index (χ1n) is 9.33. The van der Waals surface area contributed by atoms with Crippen LogP contribution in [0.25, 0.3) is 21.8 Å². The minimum atomic E-state index is 0.0206. The van der Waals surface area contributed by atoms with Gasteiger partial charge in [0.25, 0.3) is 0 Å². The molecular weight excluding hydrogens is 372 g/mol. The number of hydrogen-bond donors (Lipinski definition) is 2. The molecule has 0 bridgehead atoms. The van der Waals surface area contributed by atoms with Crippen LogP contribution >= 0.6 is 11.3 Å². The van der Waals surface area contributed by atoms with Crippen molar-refractivity contribution < 1.29 is 4.79 Å². The molecule has 8 heteroatoms. The van der Waals surface area contributed by atoms with Crippen LogP contribution in [0.2, 0.25) is 0 Å². The van der Waals surface area contributed by atoms with E-state index in [-0.39, 0.29) is 5.91 Å². The first-order chi connectivity index (χ1) is 13.7. The second-order valence-corrected chi connectivity index (χ2v) is 7.68. The number of carbonyl (C=O) groups is 1. The number of thiazole rings is 1. The van der Waals surface area contributed by atoms with Gasteiger partial charge in [0.1, 0.15) is 17.2 Å². The third-order valence-electron chi connectivity index (χ3n) is 4.74. The minimum absolute atomic E-state index is 0.0206. The fourth-order valence-corrected chi connectivity index (χ4v) is 4.16. The van der Waals surface area contributed by atoms with Crippen molar-refractivity contribution in [1.82, 2.24) is 19.9 Å². The Labute approximate surface area is 167 Å². The number of nitrogens with zero attached hydrogens (tertiary/aromatic N) is 4. The molecule has 28 heavy (non-hydrogen) atoms. The molecule has 3 heterocycles. The van der Waals surface area contributed by atoms with Crippen LogP contribution < -0.4 is 11.1 Å². The normalized spacial score (nSPS) is 14.7. The van der Waals surface area contributed by atoms with Crippen LogP contribution in [-0.4, -0.2) is 45.4 Å². The Balaban J connectivity index is 1.47. The van der Waals surface area contributed by atoms with Crippen molar-refractivity contribution in [3.05, 3.63) is 42.2 Å². The summed E-state index contributed by atoms with van der Waals surface area (Å²) >= 11 is 1.49. The Kier molecular flexibility index (Phi) is 5.59. The topological polar surface area (TPSA) is 97.0 Å². The molecule has 7 nitrogen and oxygen atoms in total. The summed E-state index contributed by atoms with van der Waals surface area (Å²) in [6.45, 7) is 2.45. The van der Waals surface area contributed by atoms with Gasteiger partial charge < -0.3 is 11.1 Å². The highest BCUT2D eigenvalue weighted by Crippen LogP contribution is 2.31. The molecule has 1 saturated heterocycles. The Hall–Kier alpha value is -2.84. The van der Waals surface area contributed by atoms with Crippen molar-refractivity contribution in [3.8, 4) is 21.8 Å². The van der Waals surface area contributed by atoms with E-state index in [9.17, 15) is 4.79 Å². The van der Waals surface area contributed by atoms with E-state index in [2.05, 4.69) is 25.2 Å². The van der Waals surface area contributed by atoms with E-state index in [0.717, 1.165) is 40.6 Å². The molecule has 144 valence electrons. The summed E-state index contributed by atoms with van der Waals surface area (Å²) in [5, 5.41) is 5.74. The lowest BCUT2D eigenvalue weighted by Crippen LogP contribution is -2.36. The third kappa shape index (κ3) is 4.35. The zero-order valence-electron chi connectivity index (χ0n) is 15.5. The Bertz CT molecular complexity index is 967. The average molecular weight is 395 g/mol. The highest BCUT2D eigenvalue weighted by atomic mass is 32.1. The predicted octanol–water partition coefficient (Wildman–Crippen LogP) is 3.27. The van der Waals surface area contributed by atoms with Crippen LogP contribution in [0.15, 0.2) is 42.2 Å². The van der Waals surface area contributed by atoms with Crippen LogP contribution in [0.1, 0.15) is 19.3 Å². The van der Waals surface area contributed by atoms with Gasteiger partial charge in [0.05, 0.1) is 17.8 Å². The molecule has 1 aliphatic heterocycles. The van der Waals surface area contributed by atoms with Crippen molar-refractivity contribution in [2.24, 2.45) is 0 Å². The van der Waals surface area contributed by atoms with Crippen LogP contribution in [0.5, 0.6) is 0 Å². The summed E-state index contributed by atoms with van der Waals surface area (Å²) in [5.41, 5.74) is 9.19. The van der Waals surface area contributed by atoms with E-state index in [0.29, 0.717) is 12.4 Å². The number of amides is 1. The molecule has 0 saturated carbocycles. The number of benzene rings is 1. The lowest BCUT2D eigenvalue weighted by molar-refractivity contribution is -0.117. The standard InChI is InChI=1S/C20H22N6OS/c21-19-16(10-22-13-23-19)20-25-17(12-28-20)14-5-4-6-15(9-14)24-18(27)11-26-7-2-1-3-8-26/h4-6,9-10,12-13H,1-3,7-8,11H2,(H,24,27)(H2,21,22,23). The zero-order valence-corrected chi connectivity index (χ0v) is 16.3. The smallest absolute Gasteiger partial charge is 0.238 e. The van der Waals surface area contributed by atoms with Gasteiger partial charge in [-0.2, -0.15) is 0 Å². The number of anilines is 2. The molecule has 1 aromatic carbocycles. The van der Waals surface area contributed by atoms with Gasteiger partial charge in [-0.3, -0.25) is 9.69 Å². The van der Waals surface area contributed by atoms with E-state index >= 15 is 0 Å². The van der Waals surface area contributed by atoms with Gasteiger partial charge in [0.2, 0.25) is 5.91 Å². The molecule has 1 fully saturated rings. The molecule has 0 unspecified atom stereocenters. The molecule has 0 atom stereocenters. The minimum Gasteiger partial charge on any atom is -0.383 e. The van der Waals surface area contributed by atoms with Crippen molar-refractivity contribution in [2.75, 3.05) is 30.7 Å². The molecule has 1 amide bonds. The maximum Gasteiger partial charge on any atom is 0.238 e. The second-order valence-electron chi connectivity index (χ2n) is 6.83. The Morgan fingerprint density at radius 3 is 2.93 bits per heavy atom. The number of likely N-dealkylation sites (tertiary alicyclic amines) is 1. The van der Waals surface area contributed by atoms with Crippen molar-refractivity contribution in [2.45, 2.75) is 19.3 Å². The zero-order chi connectivity index (χ0) is 19.3. The van der Waals surface area contributed by atoms with Crippen molar-refractivity contribution in [3.63, 3.8) is 0 Å². The van der Waals surface area contributed by atoms with E-state index in [4.69, 9.17) is 5.73 Å². The fourth-order valence-electron chi connectivity index (χ4n) is 3.31. The quantitative estimate of drug-likeness (QED) is 0.689. The van der Waals surface area contributed by atoms with E-state index in [1.54, 1.807) is 6.20 Å². The first-order valence-corrected chi connectivity index (χ1v) is 10.2. The van der Waals surface area contributed by atoms with E-state index < -0.39 is 0 Å². The van der Waals surface area contributed by atoms with Crippen LogP contribution in [0, 0.1) is 0 Å². The predicted molar refractivity (Wildman–Crippen MR) is 112 cm³/mol. The Morgan fingerprint density at radius 1 is 1.25 bits per heavy atom. The van der Waals surface area contributed by atoms with Crippen LogP contribution in [0.4, 0.5) is 11.5 Å². The molecule has 1 aliphatic rings. The van der Waals surface area contributed by atoms with E-state index in [1.807, 2.05) is 29.6 Å². The number of aromatic nitrogens is 3. The van der Waals surface area contributed by atoms with Gasteiger partial charge in [0.15, 0.2) is 0 Å². The molecule has 3 aromatic rings. The molecule has 3 N–H and O–H groups in total. The summed E-state index contributed by atoms with van der Waals surface area (Å²) < 4.78 is 0. The Morgan fingerprint density at radius 2 is 2.11 bits per heavy atom. The van der Waals surface area contributed by atoms with Crippen molar-refractivity contribution in [1.29, 1.82) is 0 Å². The van der Waals surface area contributed by atoms with Gasteiger partial charge in [0, 0.05) is 22.8 Å². The molecule has 2 aromatic heterocycles. The second kappa shape index (κ2) is 8.45. The maximum atomic E-state index is 12.4. The van der Waals surface area contributed by atoms with Gasteiger partial charge in [-0.1, -0.05) is 18.6 Å². The SMILES string of the molecule is Nc1ncncc1-c1nc(-c2cccc(NC(=O)CN3CCCCC3)c2)cs1. The highest BCUT2D eigenvalue weighted by molar-refractivity contribution is 7.13. The number of nitrogens with two attached hydrogens (primary N) is 1. The number of rotatable bonds is 5. The van der Waals surface area contributed by atoms with Gasteiger partial charge in [-0.25, -0.2) is 15.0 Å². The van der Waals surface area contributed by atoms with Gasteiger partial charge in [-0.05, 0) is 38.1 Å². The molecule has 0 spiro atoms. The molecule has 0 radical (unpaired) electrons. The number of nitrogen functional groups attached to an aromatic ring is 1. The van der Waals surface area contributed by atoms with Crippen molar-refractivity contribution >= 4 is 28.7 Å². The maximum absolute atomic E-state index is 12.4. The summed E-state index contributed by atoms with van der Waals surface area (Å²) in [6, 6.07) is 7.74. The number of nitrogens with one attached hydrogen (secondary N) is 1. The summed E-state index contributed by atoms with van der Waals surface area (Å²) in [6.07, 6.45) is 6.69. The monoisotopic (exact) mass is 394 g/mol. The molecular formula is C20H22N6OS. The third-order valence-corrected chi connectivity index (χ3v) is 5.61. The van der Waals surface area contributed by atoms with Crippen LogP contribution in [0.3, 0.4) is 0 Å². The summed E-state index contributed by atoms with van der Waals surface area (Å²) in [5.74, 6) is 0.432. The average Bonchev–Trinajstić information content (AvgIpc) is 3.19. The molecule has 0 aliphatic carbocycles. The highest BCUT2D eigenvalue weighted by Gasteiger charge is 2.15.